The van der Waals surface area contributed by atoms with Crippen LogP contribution in [0.2, 0.25) is 0 Å². The number of esters is 1. The van der Waals surface area contributed by atoms with Crippen molar-refractivity contribution >= 4 is 34.4 Å². The Morgan fingerprint density at radius 2 is 2.03 bits per heavy atom. The molecule has 1 aliphatic heterocycles. The number of likely N-dealkylation sites (tertiary alicyclic amines) is 1. The van der Waals surface area contributed by atoms with E-state index in [1.165, 1.54) is 17.0 Å². The van der Waals surface area contributed by atoms with Gasteiger partial charge in [-0.2, -0.15) is 0 Å². The lowest BCUT2D eigenvalue weighted by atomic mass is 10.1. The Morgan fingerprint density at radius 3 is 2.69 bits per heavy atom. The minimum atomic E-state index is -0.881. The molecule has 1 aliphatic rings. The molecule has 1 aromatic carbocycles. The van der Waals surface area contributed by atoms with Crippen LogP contribution in [0.25, 0.3) is 10.4 Å². The highest BCUT2D eigenvalue weighted by Crippen LogP contribution is 2.40. The number of aromatic hydroxyl groups is 1. The summed E-state index contributed by atoms with van der Waals surface area (Å²) in [5.74, 6) is -1.66. The van der Waals surface area contributed by atoms with Crippen molar-refractivity contribution in [2.45, 2.75) is 18.9 Å². The van der Waals surface area contributed by atoms with Crippen molar-refractivity contribution in [3.05, 3.63) is 35.6 Å². The van der Waals surface area contributed by atoms with Gasteiger partial charge in [0.05, 0.1) is 12.1 Å². The van der Waals surface area contributed by atoms with E-state index < -0.39 is 30.0 Å². The number of ether oxygens (including phenoxy) is 1. The number of rotatable bonds is 4. The normalized spacial score (nSPS) is 16.3. The lowest BCUT2D eigenvalue weighted by Crippen LogP contribution is -2.46. The van der Waals surface area contributed by atoms with Gasteiger partial charge in [-0.15, -0.1) is 11.3 Å². The molecular formula is C18H19FN4O5S. The molecule has 11 heteroatoms. The van der Waals surface area contributed by atoms with Gasteiger partial charge in [0, 0.05) is 23.1 Å². The number of amides is 4. The summed E-state index contributed by atoms with van der Waals surface area (Å²) in [5, 5.41) is 12.5. The van der Waals surface area contributed by atoms with Gasteiger partial charge in [0.15, 0.2) is 0 Å². The predicted molar refractivity (Wildman–Crippen MR) is 104 cm³/mol. The van der Waals surface area contributed by atoms with Crippen LogP contribution in [0, 0.1) is 5.82 Å². The molecule has 1 saturated heterocycles. The molecule has 154 valence electrons. The summed E-state index contributed by atoms with van der Waals surface area (Å²) < 4.78 is 18.7. The molecule has 0 bridgehead atoms. The summed E-state index contributed by atoms with van der Waals surface area (Å²) in [6.07, 6.45) is 0.642. The molecule has 3 rings (SSSR count). The molecule has 9 nitrogen and oxygen atoms in total. The number of nitrogens with two attached hydrogens (primary N) is 2. The highest BCUT2D eigenvalue weighted by Gasteiger charge is 2.28. The number of hydrogen-bond acceptors (Lipinski definition) is 6. The number of thiophene rings is 1. The molecule has 1 fully saturated rings. The standard InChI is InChI=1S/C18H19FN4O5S/c19-9-3-4-11(13(24)6-9)14-7-12(15(29-14)22-17(20)26)16(25)28-10-2-1-5-23(8-10)18(21)27/h3-4,6-7,10,24H,1-2,5,8H2,(H2,21,27)(H3,20,22,26). The third-order valence-electron chi connectivity index (χ3n) is 4.38. The first-order valence-electron chi connectivity index (χ1n) is 8.69. The van der Waals surface area contributed by atoms with E-state index in [1.54, 1.807) is 0 Å². The van der Waals surface area contributed by atoms with E-state index in [0.29, 0.717) is 24.3 Å². The topological polar surface area (TPSA) is 148 Å². The summed E-state index contributed by atoms with van der Waals surface area (Å²) in [4.78, 5) is 37.2. The Balaban J connectivity index is 1.86. The van der Waals surface area contributed by atoms with Crippen LogP contribution in [0.4, 0.5) is 19.0 Å². The van der Waals surface area contributed by atoms with Gasteiger partial charge >= 0.3 is 18.0 Å². The number of nitrogens with one attached hydrogen (secondary N) is 1. The average molecular weight is 422 g/mol. The molecule has 1 atom stereocenters. The van der Waals surface area contributed by atoms with Crippen LogP contribution < -0.4 is 16.8 Å². The number of primary amides is 2. The average Bonchev–Trinajstić information content (AvgIpc) is 3.04. The van der Waals surface area contributed by atoms with E-state index in [0.717, 1.165) is 23.5 Å². The smallest absolute Gasteiger partial charge is 0.341 e. The van der Waals surface area contributed by atoms with Crippen molar-refractivity contribution < 1.29 is 28.6 Å². The summed E-state index contributed by atoms with van der Waals surface area (Å²) in [6, 6.07) is 3.40. The van der Waals surface area contributed by atoms with Gasteiger partial charge in [-0.05, 0) is 31.0 Å². The number of anilines is 1. The molecule has 2 heterocycles. The largest absolute Gasteiger partial charge is 0.507 e. The monoisotopic (exact) mass is 422 g/mol. The zero-order valence-electron chi connectivity index (χ0n) is 15.2. The lowest BCUT2D eigenvalue weighted by Gasteiger charge is -2.31. The maximum Gasteiger partial charge on any atom is 0.341 e. The molecule has 6 N–H and O–H groups in total. The number of carbonyl (C=O) groups is 3. The first-order chi connectivity index (χ1) is 13.7. The molecule has 0 radical (unpaired) electrons. The quantitative estimate of drug-likeness (QED) is 0.559. The van der Waals surface area contributed by atoms with Crippen LogP contribution in [0.5, 0.6) is 5.75 Å². The lowest BCUT2D eigenvalue weighted by molar-refractivity contribution is 0.0129. The number of phenols is 1. The van der Waals surface area contributed by atoms with Crippen molar-refractivity contribution in [2.75, 3.05) is 18.4 Å². The number of carbonyl (C=O) groups excluding carboxylic acids is 3. The first-order valence-corrected chi connectivity index (χ1v) is 9.50. The Kier molecular flexibility index (Phi) is 5.87. The molecule has 1 aromatic heterocycles. The van der Waals surface area contributed by atoms with E-state index in [4.69, 9.17) is 16.2 Å². The van der Waals surface area contributed by atoms with Crippen LogP contribution in [0.3, 0.4) is 0 Å². The van der Waals surface area contributed by atoms with Gasteiger partial charge in [0.2, 0.25) is 0 Å². The second kappa shape index (κ2) is 8.35. The number of urea groups is 2. The SMILES string of the molecule is NC(=O)Nc1sc(-c2ccc(F)cc2O)cc1C(=O)OC1CCCN(C(N)=O)C1. The highest BCUT2D eigenvalue weighted by molar-refractivity contribution is 7.20. The van der Waals surface area contributed by atoms with Gasteiger partial charge < -0.3 is 26.2 Å². The zero-order chi connectivity index (χ0) is 21.1. The summed E-state index contributed by atoms with van der Waals surface area (Å²) in [6.45, 7) is 0.666. The van der Waals surface area contributed by atoms with E-state index in [2.05, 4.69) is 5.32 Å². The van der Waals surface area contributed by atoms with Crippen LogP contribution in [-0.2, 0) is 4.74 Å². The Morgan fingerprint density at radius 1 is 1.28 bits per heavy atom. The predicted octanol–water partition coefficient (Wildman–Crippen LogP) is 2.45. The maximum absolute atomic E-state index is 13.3. The fourth-order valence-electron chi connectivity index (χ4n) is 3.04. The number of phenolic OH excluding ortho intramolecular Hbond substituents is 1. The van der Waals surface area contributed by atoms with E-state index in [1.807, 2.05) is 0 Å². The fraction of sp³-hybridized carbons (Fsp3) is 0.278. The number of piperidine rings is 1. The summed E-state index contributed by atoms with van der Waals surface area (Å²) in [5.41, 5.74) is 10.8. The van der Waals surface area contributed by atoms with E-state index >= 15 is 0 Å². The minimum Gasteiger partial charge on any atom is -0.507 e. The molecule has 0 saturated carbocycles. The zero-order valence-corrected chi connectivity index (χ0v) is 16.0. The molecule has 29 heavy (non-hydrogen) atoms. The number of hydrogen-bond donors (Lipinski definition) is 4. The Labute approximate surface area is 169 Å². The summed E-state index contributed by atoms with van der Waals surface area (Å²) in [7, 11) is 0. The van der Waals surface area contributed by atoms with Crippen molar-refractivity contribution in [3.63, 3.8) is 0 Å². The second-order valence-electron chi connectivity index (χ2n) is 6.46. The van der Waals surface area contributed by atoms with E-state index in [-0.39, 0.29) is 28.4 Å². The minimum absolute atomic E-state index is 0.0312. The van der Waals surface area contributed by atoms with Crippen LogP contribution in [0.15, 0.2) is 24.3 Å². The highest BCUT2D eigenvalue weighted by atomic mass is 32.1. The van der Waals surface area contributed by atoms with Crippen LogP contribution >= 0.6 is 11.3 Å². The van der Waals surface area contributed by atoms with E-state index in [9.17, 15) is 23.9 Å². The Bertz CT molecular complexity index is 964. The van der Waals surface area contributed by atoms with Gasteiger partial charge in [-0.1, -0.05) is 0 Å². The molecule has 4 amide bonds. The van der Waals surface area contributed by atoms with Gasteiger partial charge in [0.1, 0.15) is 22.7 Å². The van der Waals surface area contributed by atoms with Gasteiger partial charge in [-0.3, -0.25) is 5.32 Å². The molecule has 0 aliphatic carbocycles. The van der Waals surface area contributed by atoms with Gasteiger partial charge in [0.25, 0.3) is 0 Å². The molecule has 1 unspecified atom stereocenters. The fourth-order valence-corrected chi connectivity index (χ4v) is 4.13. The van der Waals surface area contributed by atoms with Crippen molar-refractivity contribution in [2.24, 2.45) is 11.5 Å². The van der Waals surface area contributed by atoms with Crippen LogP contribution in [0.1, 0.15) is 23.2 Å². The third kappa shape index (κ3) is 4.74. The number of halogens is 1. The number of nitrogens with zero attached hydrogens (tertiary/aromatic N) is 1. The van der Waals surface area contributed by atoms with Crippen molar-refractivity contribution in [3.8, 4) is 16.2 Å². The van der Waals surface area contributed by atoms with Crippen molar-refractivity contribution in [1.82, 2.24) is 4.90 Å². The Hall–Kier alpha value is -3.34. The molecule has 0 spiro atoms. The van der Waals surface area contributed by atoms with Gasteiger partial charge in [-0.25, -0.2) is 18.8 Å². The van der Waals surface area contributed by atoms with Crippen LogP contribution in [-0.4, -0.2) is 47.2 Å². The number of benzene rings is 1. The molecular weight excluding hydrogens is 403 g/mol. The first kappa shape index (κ1) is 20.4. The third-order valence-corrected chi connectivity index (χ3v) is 5.46. The summed E-state index contributed by atoms with van der Waals surface area (Å²) >= 11 is 0.977. The van der Waals surface area contributed by atoms with Crippen molar-refractivity contribution in [1.29, 1.82) is 0 Å². The second-order valence-corrected chi connectivity index (χ2v) is 7.51. The molecule has 2 aromatic rings. The maximum atomic E-state index is 13.3.